The lowest BCUT2D eigenvalue weighted by Gasteiger charge is -2.17. The molecule has 6 nitrogen and oxygen atoms in total. The molecular weight excluding hydrogens is 424 g/mol. The van der Waals surface area contributed by atoms with Gasteiger partial charge < -0.3 is 9.73 Å². The van der Waals surface area contributed by atoms with E-state index in [9.17, 15) is 4.79 Å². The molecule has 9 heteroatoms. The Hall–Kier alpha value is -2.49. The smallest absolute Gasteiger partial charge is 0.277 e. The average Bonchev–Trinajstić information content (AvgIpc) is 3.48. The van der Waals surface area contributed by atoms with Gasteiger partial charge in [-0.1, -0.05) is 48.2 Å². The van der Waals surface area contributed by atoms with Crippen molar-refractivity contribution >= 4 is 40.3 Å². The van der Waals surface area contributed by atoms with Crippen molar-refractivity contribution in [1.82, 2.24) is 20.5 Å². The van der Waals surface area contributed by atoms with Crippen LogP contribution in [0.1, 0.15) is 33.1 Å². The molecule has 0 unspecified atom stereocenters. The van der Waals surface area contributed by atoms with E-state index < -0.39 is 0 Å². The van der Waals surface area contributed by atoms with Crippen molar-refractivity contribution in [3.05, 3.63) is 80.3 Å². The van der Waals surface area contributed by atoms with Crippen molar-refractivity contribution in [1.29, 1.82) is 0 Å². The maximum absolute atomic E-state index is 12.6. The zero-order chi connectivity index (χ0) is 20.1. The van der Waals surface area contributed by atoms with E-state index >= 15 is 0 Å². The number of aryl methyl sites for hydroxylation is 1. The van der Waals surface area contributed by atoms with E-state index in [0.717, 1.165) is 21.1 Å². The van der Waals surface area contributed by atoms with Crippen LogP contribution in [-0.4, -0.2) is 26.8 Å². The Morgan fingerprint density at radius 2 is 2.03 bits per heavy atom. The van der Waals surface area contributed by atoms with E-state index in [1.54, 1.807) is 22.7 Å². The molecule has 1 atom stereocenters. The van der Waals surface area contributed by atoms with E-state index in [1.807, 2.05) is 60.1 Å². The summed E-state index contributed by atoms with van der Waals surface area (Å²) in [6.07, 6.45) is 0.499. The minimum absolute atomic E-state index is 0.0906. The van der Waals surface area contributed by atoms with Gasteiger partial charge in [0.2, 0.25) is 11.8 Å². The van der Waals surface area contributed by atoms with Crippen LogP contribution < -0.4 is 5.32 Å². The topological polar surface area (TPSA) is 80.9 Å². The molecule has 0 bridgehead atoms. The largest absolute Gasteiger partial charge is 0.416 e. The van der Waals surface area contributed by atoms with Gasteiger partial charge in [0.1, 0.15) is 0 Å². The number of thiophene rings is 1. The van der Waals surface area contributed by atoms with Crippen molar-refractivity contribution in [3.63, 3.8) is 0 Å². The van der Waals surface area contributed by atoms with Crippen LogP contribution in [0.25, 0.3) is 0 Å². The second-order valence-corrected chi connectivity index (χ2v) is 9.18. The summed E-state index contributed by atoms with van der Waals surface area (Å²) in [6, 6.07) is 13.8. The van der Waals surface area contributed by atoms with Gasteiger partial charge >= 0.3 is 0 Å². The highest BCUT2D eigenvalue weighted by Gasteiger charge is 2.18. The molecule has 0 spiro atoms. The Kier molecular flexibility index (Phi) is 6.38. The van der Waals surface area contributed by atoms with Crippen molar-refractivity contribution < 1.29 is 9.21 Å². The van der Waals surface area contributed by atoms with Gasteiger partial charge in [0, 0.05) is 10.3 Å². The molecule has 3 aromatic heterocycles. The molecule has 0 saturated heterocycles. The van der Waals surface area contributed by atoms with Gasteiger partial charge in [0.25, 0.3) is 5.22 Å². The molecule has 4 rings (SSSR count). The lowest BCUT2D eigenvalue weighted by molar-refractivity contribution is -0.119. The fourth-order valence-corrected chi connectivity index (χ4v) is 4.77. The quantitative estimate of drug-likeness (QED) is 0.405. The second kappa shape index (κ2) is 9.34. The summed E-state index contributed by atoms with van der Waals surface area (Å²) in [5, 5.41) is 16.6. The normalized spacial score (nSPS) is 12.0. The summed E-state index contributed by atoms with van der Waals surface area (Å²) in [7, 11) is 0. The first-order chi connectivity index (χ1) is 14.2. The summed E-state index contributed by atoms with van der Waals surface area (Å²) in [4.78, 5) is 18.1. The number of carbonyl (C=O) groups is 1. The third-order valence-electron chi connectivity index (χ3n) is 4.04. The summed E-state index contributed by atoms with van der Waals surface area (Å²) in [5.41, 5.74) is 1.96. The minimum atomic E-state index is -0.171. The van der Waals surface area contributed by atoms with Crippen LogP contribution in [0.15, 0.2) is 62.9 Å². The highest BCUT2D eigenvalue weighted by Crippen LogP contribution is 2.26. The first-order valence-corrected chi connectivity index (χ1v) is 11.7. The van der Waals surface area contributed by atoms with Crippen LogP contribution in [0.2, 0.25) is 0 Å². The number of thioether (sulfide) groups is 1. The van der Waals surface area contributed by atoms with Gasteiger partial charge in [-0.3, -0.25) is 4.79 Å². The zero-order valence-electron chi connectivity index (χ0n) is 15.6. The Balaban J connectivity index is 1.35. The van der Waals surface area contributed by atoms with Crippen molar-refractivity contribution in [3.8, 4) is 0 Å². The molecule has 3 heterocycles. The Bertz CT molecular complexity index is 1060. The van der Waals surface area contributed by atoms with Crippen LogP contribution in [0.3, 0.4) is 0 Å². The van der Waals surface area contributed by atoms with E-state index in [1.165, 1.54) is 11.8 Å². The molecule has 1 aromatic carbocycles. The first-order valence-electron chi connectivity index (χ1n) is 8.91. The molecular formula is C20H18N4O2S3. The highest BCUT2D eigenvalue weighted by molar-refractivity contribution is 7.99. The third-order valence-corrected chi connectivity index (χ3v) is 6.62. The molecule has 0 fully saturated rings. The number of benzene rings is 1. The number of hydrogen-bond acceptors (Lipinski definition) is 8. The van der Waals surface area contributed by atoms with E-state index in [2.05, 4.69) is 20.5 Å². The Morgan fingerprint density at radius 1 is 1.17 bits per heavy atom. The van der Waals surface area contributed by atoms with Crippen molar-refractivity contribution in [2.45, 2.75) is 24.6 Å². The van der Waals surface area contributed by atoms with Crippen LogP contribution in [-0.2, 0) is 11.2 Å². The van der Waals surface area contributed by atoms with Gasteiger partial charge in [0.15, 0.2) is 0 Å². The Labute approximate surface area is 180 Å². The molecule has 1 amide bonds. The molecule has 0 aliphatic carbocycles. The predicted octanol–water partition coefficient (Wildman–Crippen LogP) is 4.48. The summed E-state index contributed by atoms with van der Waals surface area (Å²) in [6.45, 7) is 1.96. The van der Waals surface area contributed by atoms with Crippen molar-refractivity contribution in [2.75, 3.05) is 5.75 Å². The highest BCUT2D eigenvalue weighted by atomic mass is 32.2. The van der Waals surface area contributed by atoms with Gasteiger partial charge in [-0.25, -0.2) is 4.98 Å². The number of carbonyl (C=O) groups excluding carboxylic acids is 1. The number of hydrogen-bond donors (Lipinski definition) is 1. The van der Waals surface area contributed by atoms with Gasteiger partial charge in [-0.15, -0.1) is 32.9 Å². The molecule has 148 valence electrons. The number of thiazole rings is 1. The van der Waals surface area contributed by atoms with Crippen LogP contribution >= 0.6 is 34.4 Å². The maximum atomic E-state index is 12.6. The van der Waals surface area contributed by atoms with Gasteiger partial charge in [-0.2, -0.15) is 0 Å². The fraction of sp³-hybridized carbons (Fsp3) is 0.200. The van der Waals surface area contributed by atoms with Crippen molar-refractivity contribution in [2.24, 2.45) is 0 Å². The fourth-order valence-electron chi connectivity index (χ4n) is 2.76. The van der Waals surface area contributed by atoms with Gasteiger partial charge in [-0.05, 0) is 23.9 Å². The monoisotopic (exact) mass is 442 g/mol. The minimum Gasteiger partial charge on any atom is -0.416 e. The van der Waals surface area contributed by atoms with E-state index in [4.69, 9.17) is 4.42 Å². The van der Waals surface area contributed by atoms with Crippen LogP contribution in [0, 0.1) is 6.92 Å². The predicted molar refractivity (Wildman–Crippen MR) is 115 cm³/mol. The van der Waals surface area contributed by atoms with Crippen LogP contribution in [0.4, 0.5) is 0 Å². The third kappa shape index (κ3) is 5.31. The zero-order valence-corrected chi connectivity index (χ0v) is 18.0. The standard InChI is InChI=1S/C20H18N4O2S3/c1-13-21-15(11-28-13)10-18-23-24-20(26-18)29-12-17(25)22-19(16-8-5-9-27-16)14-6-3-2-4-7-14/h2-9,11,19H,10,12H2,1H3,(H,22,25)/t19-/m1/s1. The molecule has 1 N–H and O–H groups in total. The Morgan fingerprint density at radius 3 is 2.76 bits per heavy atom. The number of aromatic nitrogens is 3. The lowest BCUT2D eigenvalue weighted by Crippen LogP contribution is -2.30. The molecule has 4 aromatic rings. The molecule has 0 saturated carbocycles. The summed E-state index contributed by atoms with van der Waals surface area (Å²) >= 11 is 4.44. The summed E-state index contributed by atoms with van der Waals surface area (Å²) < 4.78 is 5.64. The number of nitrogens with one attached hydrogen (secondary N) is 1. The lowest BCUT2D eigenvalue weighted by atomic mass is 10.1. The second-order valence-electron chi connectivity index (χ2n) is 6.21. The van der Waals surface area contributed by atoms with Crippen LogP contribution in [0.5, 0.6) is 0 Å². The van der Waals surface area contributed by atoms with E-state index in [-0.39, 0.29) is 17.7 Å². The van der Waals surface area contributed by atoms with Gasteiger partial charge in [0.05, 0.1) is 28.9 Å². The average molecular weight is 443 g/mol. The molecule has 0 aliphatic heterocycles. The SMILES string of the molecule is Cc1nc(Cc2nnc(SCC(=O)N[C@H](c3ccccc3)c3cccs3)o2)cs1. The number of amides is 1. The first kappa shape index (κ1) is 19.8. The molecule has 0 aliphatic rings. The molecule has 29 heavy (non-hydrogen) atoms. The summed E-state index contributed by atoms with van der Waals surface area (Å²) in [5.74, 6) is 0.609. The maximum Gasteiger partial charge on any atom is 0.277 e. The molecule has 0 radical (unpaired) electrons. The number of rotatable bonds is 8. The number of nitrogens with zero attached hydrogens (tertiary/aromatic N) is 3. The van der Waals surface area contributed by atoms with E-state index in [0.29, 0.717) is 17.5 Å².